The van der Waals surface area contributed by atoms with Crippen LogP contribution in [0.5, 0.6) is 0 Å². The van der Waals surface area contributed by atoms with Gasteiger partial charge in [-0.1, -0.05) is 23.7 Å². The number of ether oxygens (including phenoxy) is 1. The van der Waals surface area contributed by atoms with E-state index < -0.39 is 0 Å². The van der Waals surface area contributed by atoms with Gasteiger partial charge in [0.25, 0.3) is 0 Å². The maximum atomic E-state index is 9.65. The first-order valence-electron chi connectivity index (χ1n) is 5.90. The van der Waals surface area contributed by atoms with Gasteiger partial charge in [0, 0.05) is 6.61 Å². The first kappa shape index (κ1) is 12.7. The molecule has 2 rings (SSSR count). The van der Waals surface area contributed by atoms with E-state index in [4.69, 9.17) is 16.3 Å². The summed E-state index contributed by atoms with van der Waals surface area (Å²) in [7, 11) is 0. The number of benzene rings is 1. The topological polar surface area (TPSA) is 41.5 Å². The van der Waals surface area contributed by atoms with Crippen LogP contribution in [0.1, 0.15) is 19.8 Å². The summed E-state index contributed by atoms with van der Waals surface area (Å²) in [5, 5.41) is 13.7. The summed E-state index contributed by atoms with van der Waals surface area (Å²) in [4.78, 5) is 0. The molecule has 0 spiro atoms. The predicted molar refractivity (Wildman–Crippen MR) is 69.5 cm³/mol. The summed E-state index contributed by atoms with van der Waals surface area (Å²) < 4.78 is 5.52. The minimum absolute atomic E-state index is 0.0892. The van der Waals surface area contributed by atoms with Crippen LogP contribution in [0.4, 0.5) is 5.69 Å². The van der Waals surface area contributed by atoms with E-state index >= 15 is 0 Å². The van der Waals surface area contributed by atoms with Crippen molar-refractivity contribution in [3.8, 4) is 0 Å². The van der Waals surface area contributed by atoms with E-state index in [-0.39, 0.29) is 18.2 Å². The Hall–Kier alpha value is -0.770. The normalized spacial score (nSPS) is 29.0. The molecule has 1 heterocycles. The molecule has 1 aromatic carbocycles. The van der Waals surface area contributed by atoms with E-state index in [1.54, 1.807) is 0 Å². The zero-order valence-corrected chi connectivity index (χ0v) is 10.7. The van der Waals surface area contributed by atoms with Gasteiger partial charge in [-0.15, -0.1) is 0 Å². The van der Waals surface area contributed by atoms with E-state index in [2.05, 4.69) is 5.32 Å². The smallest absolute Gasteiger partial charge is 0.0663 e. The van der Waals surface area contributed by atoms with Crippen molar-refractivity contribution in [1.29, 1.82) is 0 Å². The minimum atomic E-state index is -0.317. The first-order chi connectivity index (χ1) is 8.15. The molecule has 1 aliphatic rings. The maximum Gasteiger partial charge on any atom is 0.0663 e. The van der Waals surface area contributed by atoms with Crippen LogP contribution in [0.15, 0.2) is 24.3 Å². The summed E-state index contributed by atoms with van der Waals surface area (Å²) in [6, 6.07) is 7.60. The Bertz CT molecular complexity index is 385. The molecule has 0 saturated carbocycles. The van der Waals surface area contributed by atoms with E-state index in [9.17, 15) is 5.11 Å². The fourth-order valence-electron chi connectivity index (χ4n) is 2.31. The molecule has 4 heteroatoms. The van der Waals surface area contributed by atoms with Crippen LogP contribution in [-0.2, 0) is 4.74 Å². The van der Waals surface area contributed by atoms with Crippen molar-refractivity contribution in [1.82, 2.24) is 0 Å². The Morgan fingerprint density at radius 2 is 2.29 bits per heavy atom. The number of aliphatic hydroxyl groups excluding tert-OH is 1. The Morgan fingerprint density at radius 3 is 2.94 bits per heavy atom. The highest BCUT2D eigenvalue weighted by molar-refractivity contribution is 6.33. The average Bonchev–Trinajstić information content (AvgIpc) is 2.32. The van der Waals surface area contributed by atoms with Gasteiger partial charge in [0.1, 0.15) is 0 Å². The van der Waals surface area contributed by atoms with E-state index in [0.29, 0.717) is 11.6 Å². The molecule has 0 radical (unpaired) electrons. The summed E-state index contributed by atoms with van der Waals surface area (Å²) in [6.07, 6.45) is 1.74. The number of rotatable bonds is 3. The van der Waals surface area contributed by atoms with E-state index in [0.717, 1.165) is 18.5 Å². The Morgan fingerprint density at radius 1 is 1.53 bits per heavy atom. The molecule has 0 aliphatic carbocycles. The molecule has 0 amide bonds. The van der Waals surface area contributed by atoms with Gasteiger partial charge in [-0.3, -0.25) is 0 Å². The Labute approximate surface area is 107 Å². The third kappa shape index (κ3) is 2.92. The zero-order chi connectivity index (χ0) is 12.3. The van der Waals surface area contributed by atoms with Gasteiger partial charge in [0.2, 0.25) is 0 Å². The van der Waals surface area contributed by atoms with Crippen molar-refractivity contribution in [3.63, 3.8) is 0 Å². The van der Waals surface area contributed by atoms with Gasteiger partial charge < -0.3 is 15.2 Å². The van der Waals surface area contributed by atoms with Crippen LogP contribution in [0.3, 0.4) is 0 Å². The Balaban J connectivity index is 2.17. The Kier molecular flexibility index (Phi) is 3.92. The molecule has 94 valence electrons. The third-order valence-electron chi connectivity index (χ3n) is 3.24. The molecule has 2 unspecified atom stereocenters. The van der Waals surface area contributed by atoms with Crippen LogP contribution in [0.2, 0.25) is 5.02 Å². The zero-order valence-electron chi connectivity index (χ0n) is 9.95. The SMILES string of the molecule is CC1CC(CO)(Nc2ccccc2Cl)CCO1. The molecule has 3 nitrogen and oxygen atoms in total. The second-order valence-electron chi connectivity index (χ2n) is 4.68. The first-order valence-corrected chi connectivity index (χ1v) is 6.28. The van der Waals surface area contributed by atoms with Gasteiger partial charge in [0.15, 0.2) is 0 Å². The predicted octanol–water partition coefficient (Wildman–Crippen LogP) is 2.68. The van der Waals surface area contributed by atoms with Crippen molar-refractivity contribution in [3.05, 3.63) is 29.3 Å². The summed E-state index contributed by atoms with van der Waals surface area (Å²) >= 11 is 6.12. The molecule has 2 N–H and O–H groups in total. The fraction of sp³-hybridized carbons (Fsp3) is 0.538. The molecule has 0 bridgehead atoms. The molecule has 2 atom stereocenters. The number of hydrogen-bond donors (Lipinski definition) is 2. The van der Waals surface area contributed by atoms with Crippen molar-refractivity contribution in [2.75, 3.05) is 18.5 Å². The van der Waals surface area contributed by atoms with Crippen LogP contribution in [-0.4, -0.2) is 30.0 Å². The molecule has 17 heavy (non-hydrogen) atoms. The molecule has 1 aromatic rings. The highest BCUT2D eigenvalue weighted by Crippen LogP contribution is 2.31. The van der Waals surface area contributed by atoms with Gasteiger partial charge in [-0.05, 0) is 31.9 Å². The number of para-hydroxylation sites is 1. The molecule has 0 aromatic heterocycles. The van der Waals surface area contributed by atoms with Gasteiger partial charge in [-0.2, -0.15) is 0 Å². The largest absolute Gasteiger partial charge is 0.394 e. The number of hydrogen-bond acceptors (Lipinski definition) is 3. The van der Waals surface area contributed by atoms with Crippen LogP contribution in [0.25, 0.3) is 0 Å². The molecule has 1 fully saturated rings. The molecular formula is C13H18ClNO2. The third-order valence-corrected chi connectivity index (χ3v) is 3.57. The monoisotopic (exact) mass is 255 g/mol. The van der Waals surface area contributed by atoms with Gasteiger partial charge in [-0.25, -0.2) is 0 Å². The van der Waals surface area contributed by atoms with Crippen LogP contribution in [0, 0.1) is 0 Å². The van der Waals surface area contributed by atoms with Crippen LogP contribution >= 0.6 is 11.6 Å². The minimum Gasteiger partial charge on any atom is -0.394 e. The van der Waals surface area contributed by atoms with Crippen molar-refractivity contribution < 1.29 is 9.84 Å². The van der Waals surface area contributed by atoms with Gasteiger partial charge >= 0.3 is 0 Å². The molecule has 1 saturated heterocycles. The molecule has 1 aliphatic heterocycles. The van der Waals surface area contributed by atoms with Crippen molar-refractivity contribution >= 4 is 17.3 Å². The second-order valence-corrected chi connectivity index (χ2v) is 5.09. The maximum absolute atomic E-state index is 9.65. The van der Waals surface area contributed by atoms with Gasteiger partial charge in [0.05, 0.1) is 29.0 Å². The number of anilines is 1. The van der Waals surface area contributed by atoms with E-state index in [1.165, 1.54) is 0 Å². The van der Waals surface area contributed by atoms with Crippen molar-refractivity contribution in [2.24, 2.45) is 0 Å². The number of nitrogens with one attached hydrogen (secondary N) is 1. The standard InChI is InChI=1S/C13H18ClNO2/c1-10-8-13(9-16,6-7-17-10)15-12-5-3-2-4-11(12)14/h2-5,10,15-16H,6-9H2,1H3. The summed E-state index contributed by atoms with van der Waals surface area (Å²) in [6.45, 7) is 2.78. The van der Waals surface area contributed by atoms with Crippen molar-refractivity contribution in [2.45, 2.75) is 31.4 Å². The fourth-order valence-corrected chi connectivity index (χ4v) is 2.49. The lowest BCUT2D eigenvalue weighted by atomic mass is 9.87. The lowest BCUT2D eigenvalue weighted by Crippen LogP contribution is -2.49. The number of halogens is 1. The molecular weight excluding hydrogens is 238 g/mol. The highest BCUT2D eigenvalue weighted by atomic mass is 35.5. The van der Waals surface area contributed by atoms with Crippen LogP contribution < -0.4 is 5.32 Å². The average molecular weight is 256 g/mol. The summed E-state index contributed by atoms with van der Waals surface area (Å²) in [5.74, 6) is 0. The lowest BCUT2D eigenvalue weighted by molar-refractivity contribution is -0.0160. The summed E-state index contributed by atoms with van der Waals surface area (Å²) in [5.41, 5.74) is 0.556. The lowest BCUT2D eigenvalue weighted by Gasteiger charge is -2.40. The number of aliphatic hydroxyl groups is 1. The van der Waals surface area contributed by atoms with E-state index in [1.807, 2.05) is 31.2 Å². The quantitative estimate of drug-likeness (QED) is 0.873. The highest BCUT2D eigenvalue weighted by Gasteiger charge is 2.35. The second kappa shape index (κ2) is 5.25.